The summed E-state index contributed by atoms with van der Waals surface area (Å²) in [5, 5.41) is 8.27. The molecule has 0 bridgehead atoms. The highest BCUT2D eigenvalue weighted by Gasteiger charge is 1.99. The lowest BCUT2D eigenvalue weighted by Crippen LogP contribution is -2.09. The van der Waals surface area contributed by atoms with Crippen LogP contribution in [0.25, 0.3) is 0 Å². The molecule has 6 heteroatoms. The van der Waals surface area contributed by atoms with Crippen LogP contribution < -0.4 is 4.74 Å². The molecule has 0 unspecified atom stereocenters. The Hall–Kier alpha value is -1.62. The van der Waals surface area contributed by atoms with E-state index in [2.05, 4.69) is 4.98 Å². The van der Waals surface area contributed by atoms with Crippen LogP contribution in [-0.2, 0) is 4.79 Å². The number of aliphatic carboxylic acids is 1. The van der Waals surface area contributed by atoms with E-state index in [0.29, 0.717) is 12.0 Å². The lowest BCUT2D eigenvalue weighted by atomic mass is 10.4. The third-order valence-corrected chi connectivity index (χ3v) is 1.24. The van der Waals surface area contributed by atoms with Gasteiger partial charge in [-0.15, -0.1) is 12.4 Å². The molecule has 0 aliphatic rings. The quantitative estimate of drug-likeness (QED) is 0.755. The summed E-state index contributed by atoms with van der Waals surface area (Å²) in [6, 6.07) is 2.93. The number of ether oxygens (including phenoxy) is 1. The van der Waals surface area contributed by atoms with Crippen LogP contribution in [0.2, 0.25) is 0 Å². The fourth-order valence-corrected chi connectivity index (χ4v) is 0.692. The fraction of sp³-hybridized carbons (Fsp3) is 0.125. The van der Waals surface area contributed by atoms with Crippen LogP contribution in [0.4, 0.5) is 0 Å². The van der Waals surface area contributed by atoms with Gasteiger partial charge in [-0.2, -0.15) is 0 Å². The number of halogens is 1. The normalized spacial score (nSPS) is 8.57. The summed E-state index contributed by atoms with van der Waals surface area (Å²) in [6.45, 7) is -0.415. The molecule has 5 nitrogen and oxygen atoms in total. The lowest BCUT2D eigenvalue weighted by Gasteiger charge is -2.01. The average Bonchev–Trinajstić information content (AvgIpc) is 2.15. The lowest BCUT2D eigenvalue weighted by molar-refractivity contribution is -0.139. The molecule has 76 valence electrons. The number of carbonyl (C=O) groups is 2. The van der Waals surface area contributed by atoms with E-state index in [-0.39, 0.29) is 18.1 Å². The predicted molar refractivity (Wildman–Crippen MR) is 50.0 cm³/mol. The van der Waals surface area contributed by atoms with Crippen LogP contribution in [0.1, 0.15) is 10.5 Å². The Balaban J connectivity index is 0.00000169. The second kappa shape index (κ2) is 5.93. The van der Waals surface area contributed by atoms with Crippen molar-refractivity contribution in [1.29, 1.82) is 0 Å². The first-order valence-electron chi connectivity index (χ1n) is 3.48. The van der Waals surface area contributed by atoms with Crippen molar-refractivity contribution < 1.29 is 19.4 Å². The van der Waals surface area contributed by atoms with E-state index >= 15 is 0 Å². The minimum atomic E-state index is -1.06. The minimum absolute atomic E-state index is 0. The van der Waals surface area contributed by atoms with Gasteiger partial charge < -0.3 is 9.84 Å². The zero-order valence-electron chi connectivity index (χ0n) is 7.04. The van der Waals surface area contributed by atoms with Gasteiger partial charge in [0.1, 0.15) is 11.4 Å². The molecule has 1 N–H and O–H groups in total. The molecule has 1 aromatic rings. The molecule has 0 saturated heterocycles. The number of carboxylic acids is 1. The summed E-state index contributed by atoms with van der Waals surface area (Å²) in [5.74, 6) is -0.729. The zero-order chi connectivity index (χ0) is 9.68. The molecule has 0 aromatic carbocycles. The summed E-state index contributed by atoms with van der Waals surface area (Å²) in [7, 11) is 0. The number of pyridine rings is 1. The number of hydrogen-bond donors (Lipinski definition) is 1. The molecule has 0 radical (unpaired) electrons. The molecule has 1 rings (SSSR count). The first-order valence-corrected chi connectivity index (χ1v) is 3.48. The van der Waals surface area contributed by atoms with E-state index < -0.39 is 12.6 Å². The molecule has 0 spiro atoms. The Morgan fingerprint density at radius 1 is 1.57 bits per heavy atom. The average molecular weight is 218 g/mol. The Morgan fingerprint density at radius 2 is 2.29 bits per heavy atom. The van der Waals surface area contributed by atoms with Gasteiger partial charge in [0.05, 0.1) is 6.20 Å². The first-order chi connectivity index (χ1) is 6.22. The van der Waals surface area contributed by atoms with Crippen molar-refractivity contribution in [1.82, 2.24) is 4.98 Å². The number of carboxylic acid groups (broad SMARTS) is 1. The summed E-state index contributed by atoms with van der Waals surface area (Å²) >= 11 is 0. The van der Waals surface area contributed by atoms with Gasteiger partial charge in [0, 0.05) is 0 Å². The summed E-state index contributed by atoms with van der Waals surface area (Å²) < 4.78 is 4.79. The van der Waals surface area contributed by atoms with Crippen LogP contribution in [0.15, 0.2) is 18.3 Å². The van der Waals surface area contributed by atoms with Crippen molar-refractivity contribution in [2.75, 3.05) is 6.61 Å². The van der Waals surface area contributed by atoms with Gasteiger partial charge in [-0.3, -0.25) is 4.79 Å². The highest BCUT2D eigenvalue weighted by Crippen LogP contribution is 2.07. The molecule has 0 atom stereocenters. The monoisotopic (exact) mass is 217 g/mol. The van der Waals surface area contributed by atoms with Gasteiger partial charge >= 0.3 is 5.97 Å². The van der Waals surface area contributed by atoms with Gasteiger partial charge in [0.15, 0.2) is 12.9 Å². The number of nitrogens with zero attached hydrogens (tertiary/aromatic N) is 1. The smallest absolute Gasteiger partial charge is 0.341 e. The van der Waals surface area contributed by atoms with Crippen LogP contribution >= 0.6 is 12.4 Å². The largest absolute Gasteiger partial charge is 0.480 e. The molecule has 1 heterocycles. The Labute approximate surface area is 86.1 Å². The number of hydrogen-bond acceptors (Lipinski definition) is 4. The molecule has 14 heavy (non-hydrogen) atoms. The third-order valence-electron chi connectivity index (χ3n) is 1.24. The summed E-state index contributed by atoms with van der Waals surface area (Å²) in [5.41, 5.74) is 0.280. The number of carbonyl (C=O) groups excluding carboxylic acids is 1. The second-order valence-corrected chi connectivity index (χ2v) is 2.22. The molecule has 1 aromatic heterocycles. The molecule has 0 amide bonds. The summed E-state index contributed by atoms with van der Waals surface area (Å²) in [4.78, 5) is 24.0. The van der Waals surface area contributed by atoms with Crippen molar-refractivity contribution in [3.8, 4) is 5.75 Å². The molecular formula is C8H8ClNO4. The van der Waals surface area contributed by atoms with Gasteiger partial charge in [0.2, 0.25) is 0 Å². The topological polar surface area (TPSA) is 76.5 Å². The number of aldehydes is 1. The second-order valence-electron chi connectivity index (χ2n) is 2.22. The predicted octanol–water partition coefficient (Wildman–Crippen LogP) is 0.779. The van der Waals surface area contributed by atoms with E-state index in [1.807, 2.05) is 0 Å². The van der Waals surface area contributed by atoms with Crippen LogP contribution in [0.3, 0.4) is 0 Å². The van der Waals surface area contributed by atoms with Crippen molar-refractivity contribution >= 4 is 24.7 Å². The maximum absolute atomic E-state index is 10.2. The van der Waals surface area contributed by atoms with E-state index in [0.717, 1.165) is 0 Å². The van der Waals surface area contributed by atoms with Crippen LogP contribution in [0.5, 0.6) is 5.75 Å². The van der Waals surface area contributed by atoms with E-state index in [1.165, 1.54) is 18.3 Å². The molecule has 0 saturated carbocycles. The number of rotatable bonds is 4. The summed E-state index contributed by atoms with van der Waals surface area (Å²) in [6.07, 6.45) is 1.90. The Morgan fingerprint density at radius 3 is 2.71 bits per heavy atom. The van der Waals surface area contributed by atoms with Crippen molar-refractivity contribution in [3.05, 3.63) is 24.0 Å². The van der Waals surface area contributed by atoms with Gasteiger partial charge in [-0.05, 0) is 12.1 Å². The highest BCUT2D eigenvalue weighted by atomic mass is 35.5. The standard InChI is InChI=1S/C8H7NO4.ClH/c10-4-6-1-2-7(3-9-6)13-5-8(11)12;/h1-4H,5H2,(H,11,12);1H. The van der Waals surface area contributed by atoms with E-state index in [1.54, 1.807) is 0 Å². The maximum atomic E-state index is 10.2. The van der Waals surface area contributed by atoms with E-state index in [4.69, 9.17) is 9.84 Å². The van der Waals surface area contributed by atoms with Crippen LogP contribution in [-0.4, -0.2) is 29.0 Å². The van der Waals surface area contributed by atoms with Gasteiger partial charge in [-0.1, -0.05) is 0 Å². The van der Waals surface area contributed by atoms with Gasteiger partial charge in [0.25, 0.3) is 0 Å². The zero-order valence-corrected chi connectivity index (χ0v) is 7.86. The Bertz CT molecular complexity index is 312. The van der Waals surface area contributed by atoms with Crippen molar-refractivity contribution in [3.63, 3.8) is 0 Å². The third kappa shape index (κ3) is 3.86. The van der Waals surface area contributed by atoms with Crippen molar-refractivity contribution in [2.45, 2.75) is 0 Å². The maximum Gasteiger partial charge on any atom is 0.341 e. The SMILES string of the molecule is Cl.O=Cc1ccc(OCC(=O)O)cn1. The fourth-order valence-electron chi connectivity index (χ4n) is 0.692. The van der Waals surface area contributed by atoms with Crippen molar-refractivity contribution in [2.24, 2.45) is 0 Å². The highest BCUT2D eigenvalue weighted by molar-refractivity contribution is 5.85. The number of aromatic nitrogens is 1. The molecule has 0 aliphatic heterocycles. The van der Waals surface area contributed by atoms with Crippen LogP contribution in [0, 0.1) is 0 Å². The first kappa shape index (κ1) is 12.4. The minimum Gasteiger partial charge on any atom is -0.480 e. The van der Waals surface area contributed by atoms with Gasteiger partial charge in [-0.25, -0.2) is 9.78 Å². The molecule has 0 fully saturated rings. The van der Waals surface area contributed by atoms with E-state index in [9.17, 15) is 9.59 Å². The Kier molecular flexibility index (Phi) is 5.24. The molecular weight excluding hydrogens is 210 g/mol. The molecule has 0 aliphatic carbocycles.